The Kier molecular flexibility index (Phi) is 8.85. The lowest BCUT2D eigenvalue weighted by atomic mass is 9.95. The van der Waals surface area contributed by atoms with E-state index in [1.165, 1.54) is 56.5 Å². The van der Waals surface area contributed by atoms with Crippen molar-refractivity contribution in [3.63, 3.8) is 0 Å². The van der Waals surface area contributed by atoms with Crippen LogP contribution in [0.15, 0.2) is 53.4 Å². The highest BCUT2D eigenvalue weighted by Gasteiger charge is 2.49. The first-order chi connectivity index (χ1) is 20.5. The Balaban J connectivity index is 1.96. The van der Waals surface area contributed by atoms with Crippen LogP contribution in [0.5, 0.6) is 11.5 Å². The third kappa shape index (κ3) is 6.28. The summed E-state index contributed by atoms with van der Waals surface area (Å²) in [4.78, 5) is 24.8. The van der Waals surface area contributed by atoms with Gasteiger partial charge in [0.2, 0.25) is 0 Å². The summed E-state index contributed by atoms with van der Waals surface area (Å²) in [7, 11) is -9.82. The molecule has 0 saturated carbocycles. The van der Waals surface area contributed by atoms with Gasteiger partial charge in [-0.05, 0) is 56.5 Å². The Morgan fingerprint density at radius 2 is 1.64 bits per heavy atom. The first-order valence-electron chi connectivity index (χ1n) is 12.7. The number of halogens is 3. The van der Waals surface area contributed by atoms with Gasteiger partial charge in [0.15, 0.2) is 11.5 Å². The second-order valence-corrected chi connectivity index (χ2v) is 12.7. The fourth-order valence-electron chi connectivity index (χ4n) is 4.44. The minimum atomic E-state index is -6.27. The lowest BCUT2D eigenvalue weighted by molar-refractivity contribution is -0.0500. The molecule has 4 rings (SSSR count). The number of rotatable bonds is 9. The van der Waals surface area contributed by atoms with Crippen molar-refractivity contribution in [2.24, 2.45) is 0 Å². The molecule has 3 aromatic carbocycles. The van der Waals surface area contributed by atoms with Gasteiger partial charge in [-0.15, -0.1) is 0 Å². The summed E-state index contributed by atoms with van der Waals surface area (Å²) in [6.45, 7) is 4.07. The SMILES string of the molecule is COC(=O)c1cccc(C)c1/C=C/Cc1c(OS(=O)(=O)C(F)(F)F)c(C)c2c(c1OS(=O)(=O)c1ccc(C)cc1)C(=O)OC2. The van der Waals surface area contributed by atoms with Gasteiger partial charge < -0.3 is 17.8 Å². The van der Waals surface area contributed by atoms with Crippen LogP contribution in [-0.2, 0) is 42.7 Å². The van der Waals surface area contributed by atoms with E-state index in [0.717, 1.165) is 0 Å². The molecule has 0 aromatic heterocycles. The number of alkyl halides is 3. The van der Waals surface area contributed by atoms with Crippen molar-refractivity contribution in [1.29, 1.82) is 0 Å². The summed E-state index contributed by atoms with van der Waals surface area (Å²) in [5.74, 6) is -3.38. The summed E-state index contributed by atoms with van der Waals surface area (Å²) in [6.07, 6.45) is 2.20. The number of benzene rings is 3. The van der Waals surface area contributed by atoms with Crippen molar-refractivity contribution in [2.45, 2.75) is 44.2 Å². The van der Waals surface area contributed by atoms with Crippen molar-refractivity contribution >= 4 is 38.3 Å². The maximum atomic E-state index is 13.4. The standard InChI is InChI=1S/C29H25F3O10S2/c1-16-11-13-19(14-12-16)43(35,36)41-26-22(10-6-8-20-17(2)7-5-9-21(20)27(33)39-4)25(42-44(37,38)29(30,31)32)18(3)23-15-40-28(34)24(23)26/h5-9,11-14H,10,15H2,1-4H3/b8-6+. The van der Waals surface area contributed by atoms with Crippen LogP contribution in [0.4, 0.5) is 13.2 Å². The van der Waals surface area contributed by atoms with Crippen molar-refractivity contribution in [1.82, 2.24) is 0 Å². The normalized spacial score (nSPS) is 13.5. The highest BCUT2D eigenvalue weighted by molar-refractivity contribution is 7.88. The van der Waals surface area contributed by atoms with Crippen LogP contribution in [0.25, 0.3) is 6.08 Å². The third-order valence-electron chi connectivity index (χ3n) is 6.74. The quantitative estimate of drug-likeness (QED) is 0.169. The number of ether oxygens (including phenoxy) is 2. The van der Waals surface area contributed by atoms with E-state index in [4.69, 9.17) is 13.7 Å². The number of carbonyl (C=O) groups excluding carboxylic acids is 2. The average molecular weight is 655 g/mol. The molecule has 234 valence electrons. The highest BCUT2D eigenvalue weighted by Crippen LogP contribution is 2.45. The molecule has 0 unspecified atom stereocenters. The molecular weight excluding hydrogens is 629 g/mol. The molecule has 10 nitrogen and oxygen atoms in total. The number of allylic oxidation sites excluding steroid dienone is 1. The Hall–Kier alpha value is -4.37. The predicted molar refractivity (Wildman–Crippen MR) is 150 cm³/mol. The Bertz CT molecular complexity index is 1890. The molecule has 0 bridgehead atoms. The summed E-state index contributed by atoms with van der Waals surface area (Å²) in [5, 5.41) is 0. The van der Waals surface area contributed by atoms with E-state index >= 15 is 0 Å². The van der Waals surface area contributed by atoms with Crippen molar-refractivity contribution in [3.05, 3.63) is 93.0 Å². The fourth-order valence-corrected chi connectivity index (χ4v) is 5.95. The van der Waals surface area contributed by atoms with Gasteiger partial charge in [-0.3, -0.25) is 0 Å². The summed E-state index contributed by atoms with van der Waals surface area (Å²) in [6, 6.07) is 10.1. The number of hydrogen-bond acceptors (Lipinski definition) is 10. The molecule has 1 heterocycles. The van der Waals surface area contributed by atoms with Gasteiger partial charge in [-0.1, -0.05) is 42.0 Å². The number of carbonyl (C=O) groups is 2. The second-order valence-electron chi connectivity index (χ2n) is 9.66. The summed E-state index contributed by atoms with van der Waals surface area (Å²) >= 11 is 0. The predicted octanol–water partition coefficient (Wildman–Crippen LogP) is 5.32. The monoisotopic (exact) mass is 654 g/mol. The van der Waals surface area contributed by atoms with Crippen LogP contribution in [0.2, 0.25) is 0 Å². The van der Waals surface area contributed by atoms with E-state index in [9.17, 15) is 39.6 Å². The zero-order valence-electron chi connectivity index (χ0n) is 23.6. The second kappa shape index (κ2) is 12.0. The molecular formula is C29H25F3O10S2. The van der Waals surface area contributed by atoms with E-state index in [1.54, 1.807) is 26.0 Å². The maximum absolute atomic E-state index is 13.4. The molecule has 15 heteroatoms. The molecule has 44 heavy (non-hydrogen) atoms. The van der Waals surface area contributed by atoms with Crippen LogP contribution in [0, 0.1) is 20.8 Å². The molecule has 0 saturated heterocycles. The zero-order chi connectivity index (χ0) is 32.6. The lowest BCUT2D eigenvalue weighted by Crippen LogP contribution is -2.29. The van der Waals surface area contributed by atoms with Crippen LogP contribution in [0.1, 0.15) is 54.1 Å². The number of methoxy groups -OCH3 is 1. The largest absolute Gasteiger partial charge is 0.534 e. The molecule has 0 radical (unpaired) electrons. The van der Waals surface area contributed by atoms with Crippen LogP contribution in [0.3, 0.4) is 0 Å². The summed E-state index contributed by atoms with van der Waals surface area (Å²) in [5.41, 5.74) is -5.27. The number of esters is 2. The molecule has 0 fully saturated rings. The van der Waals surface area contributed by atoms with Gasteiger partial charge in [0.25, 0.3) is 0 Å². The zero-order valence-corrected chi connectivity index (χ0v) is 25.3. The number of fused-ring (bicyclic) bond motifs is 1. The minimum absolute atomic E-state index is 0.115. The first-order valence-corrected chi connectivity index (χ1v) is 15.5. The Morgan fingerprint density at radius 1 is 0.977 bits per heavy atom. The number of hydrogen-bond donors (Lipinski definition) is 0. The average Bonchev–Trinajstić information content (AvgIpc) is 3.33. The molecule has 0 spiro atoms. The van der Waals surface area contributed by atoms with Gasteiger partial charge in [-0.2, -0.15) is 30.0 Å². The fraction of sp³-hybridized carbons (Fsp3) is 0.241. The molecule has 0 N–H and O–H groups in total. The smallest absolute Gasteiger partial charge is 0.465 e. The molecule has 3 aromatic rings. The van der Waals surface area contributed by atoms with Gasteiger partial charge >= 0.3 is 37.7 Å². The molecule has 1 aliphatic rings. The maximum Gasteiger partial charge on any atom is 0.534 e. The van der Waals surface area contributed by atoms with Crippen LogP contribution < -0.4 is 8.37 Å². The Morgan fingerprint density at radius 3 is 2.25 bits per heavy atom. The highest BCUT2D eigenvalue weighted by atomic mass is 32.2. The number of aryl methyl sites for hydroxylation is 2. The third-order valence-corrected chi connectivity index (χ3v) is 8.93. The van der Waals surface area contributed by atoms with E-state index in [2.05, 4.69) is 4.18 Å². The van der Waals surface area contributed by atoms with Gasteiger partial charge in [0, 0.05) is 16.7 Å². The topological polar surface area (TPSA) is 139 Å². The van der Waals surface area contributed by atoms with Gasteiger partial charge in [-0.25, -0.2) is 9.59 Å². The first kappa shape index (κ1) is 32.5. The van der Waals surface area contributed by atoms with E-state index in [1.807, 2.05) is 0 Å². The minimum Gasteiger partial charge on any atom is -0.465 e. The molecule has 0 amide bonds. The van der Waals surface area contributed by atoms with Crippen LogP contribution in [-0.4, -0.2) is 41.4 Å². The molecule has 0 aliphatic carbocycles. The van der Waals surface area contributed by atoms with E-state index in [0.29, 0.717) is 16.7 Å². The molecule has 0 atom stereocenters. The number of cyclic esters (lactones) is 1. The molecule has 1 aliphatic heterocycles. The lowest BCUT2D eigenvalue weighted by Gasteiger charge is -2.20. The van der Waals surface area contributed by atoms with Crippen molar-refractivity contribution in [3.8, 4) is 11.5 Å². The van der Waals surface area contributed by atoms with Crippen molar-refractivity contribution in [2.75, 3.05) is 7.11 Å². The summed E-state index contributed by atoms with van der Waals surface area (Å²) < 4.78 is 111. The Labute approximate surface area is 251 Å². The van der Waals surface area contributed by atoms with Gasteiger partial charge in [0.1, 0.15) is 17.1 Å². The van der Waals surface area contributed by atoms with E-state index < -0.39 is 73.3 Å². The van der Waals surface area contributed by atoms with Crippen molar-refractivity contribution < 1.29 is 57.4 Å². The van der Waals surface area contributed by atoms with Gasteiger partial charge in [0.05, 0.1) is 12.7 Å². The van der Waals surface area contributed by atoms with E-state index in [-0.39, 0.29) is 21.6 Å². The van der Waals surface area contributed by atoms with Crippen LogP contribution >= 0.6 is 0 Å².